The Bertz CT molecular complexity index is 1800. The summed E-state index contributed by atoms with van der Waals surface area (Å²) in [4.78, 5) is 0. The molecule has 0 atom stereocenters. The van der Waals surface area contributed by atoms with Gasteiger partial charge in [-0.3, -0.25) is 0 Å². The lowest BCUT2D eigenvalue weighted by molar-refractivity contribution is 0.363. The number of benzene rings is 6. The summed E-state index contributed by atoms with van der Waals surface area (Å²) >= 11 is 6.61. The summed E-state index contributed by atoms with van der Waals surface area (Å²) in [6.07, 6.45) is 0. The first-order chi connectivity index (χ1) is 18.7. The summed E-state index contributed by atoms with van der Waals surface area (Å²) in [6.45, 7) is 0. The fourth-order valence-electron chi connectivity index (χ4n) is 5.18. The molecule has 1 aliphatic heterocycles. The average Bonchev–Trinajstić information content (AvgIpc) is 3.00. The van der Waals surface area contributed by atoms with Crippen LogP contribution in [0.1, 0.15) is 0 Å². The van der Waals surface area contributed by atoms with E-state index in [-0.39, 0.29) is 0 Å². The Morgan fingerprint density at radius 2 is 1.00 bits per heavy atom. The lowest BCUT2D eigenvalue weighted by Crippen LogP contribution is -2.24. The SMILES string of the molecule is S=P(c1ccccc1)(c1ccccc1)c1cccc(-c2cc3c(c4ccccc24)Oc2ccccc2O3)c1. The second kappa shape index (κ2) is 9.29. The molecule has 0 saturated heterocycles. The molecule has 0 saturated carbocycles. The molecule has 0 N–H and O–H groups in total. The summed E-state index contributed by atoms with van der Waals surface area (Å²) < 4.78 is 12.7. The maximum absolute atomic E-state index is 6.61. The first-order valence-corrected chi connectivity index (χ1v) is 15.3. The highest BCUT2D eigenvalue weighted by Gasteiger charge is 2.26. The van der Waals surface area contributed by atoms with Crippen LogP contribution in [0.4, 0.5) is 0 Å². The van der Waals surface area contributed by atoms with Crippen LogP contribution in [0.5, 0.6) is 23.0 Å². The molecule has 0 aromatic heterocycles. The highest BCUT2D eigenvalue weighted by molar-refractivity contribution is 8.25. The third kappa shape index (κ3) is 3.75. The molecule has 6 aromatic rings. The molecular formula is C34H23O2PS. The molecule has 38 heavy (non-hydrogen) atoms. The second-order valence-corrected chi connectivity index (χ2v) is 13.7. The molecule has 0 bridgehead atoms. The molecule has 0 aliphatic carbocycles. The fraction of sp³-hybridized carbons (Fsp3) is 0. The van der Waals surface area contributed by atoms with Crippen molar-refractivity contribution in [2.45, 2.75) is 0 Å². The molecule has 182 valence electrons. The lowest BCUT2D eigenvalue weighted by atomic mass is 9.96. The topological polar surface area (TPSA) is 18.5 Å². The van der Waals surface area contributed by atoms with Gasteiger partial charge in [-0.15, -0.1) is 0 Å². The highest BCUT2D eigenvalue weighted by Crippen LogP contribution is 2.51. The molecule has 0 spiro atoms. The van der Waals surface area contributed by atoms with E-state index in [0.29, 0.717) is 5.75 Å². The second-order valence-electron chi connectivity index (χ2n) is 9.28. The predicted octanol–water partition coefficient (Wildman–Crippen LogP) is 8.16. The molecule has 1 aliphatic rings. The lowest BCUT2D eigenvalue weighted by Gasteiger charge is -2.25. The Labute approximate surface area is 227 Å². The smallest absolute Gasteiger partial charge is 0.177 e. The van der Waals surface area contributed by atoms with Gasteiger partial charge < -0.3 is 9.47 Å². The van der Waals surface area contributed by atoms with Crippen LogP contribution < -0.4 is 25.4 Å². The van der Waals surface area contributed by atoms with Crippen LogP contribution in [0.2, 0.25) is 0 Å². The van der Waals surface area contributed by atoms with E-state index < -0.39 is 6.04 Å². The Hall–Kier alpha value is -4.17. The standard InChI is InChI=1S/C34H23O2PS/c38-37(25-13-3-1-4-14-25,26-15-5-2-6-16-26)27-17-11-12-24(22-27)30-23-33-34(29-19-8-7-18-28(29)30)36-32-21-10-9-20-31(32)35-33/h1-23H. The van der Waals surface area contributed by atoms with E-state index in [2.05, 4.69) is 97.1 Å². The molecule has 0 amide bonds. The number of hydrogen-bond donors (Lipinski definition) is 0. The summed E-state index contributed by atoms with van der Waals surface area (Å²) in [5, 5.41) is 5.65. The maximum atomic E-state index is 6.61. The zero-order chi connectivity index (χ0) is 25.5. The minimum atomic E-state index is -2.27. The highest BCUT2D eigenvalue weighted by atomic mass is 32.4. The van der Waals surface area contributed by atoms with Gasteiger partial charge in [-0.2, -0.15) is 0 Å². The number of para-hydroxylation sites is 2. The van der Waals surface area contributed by atoms with E-state index in [1.165, 1.54) is 10.6 Å². The summed E-state index contributed by atoms with van der Waals surface area (Å²) in [5.41, 5.74) is 2.19. The van der Waals surface area contributed by atoms with E-state index in [4.69, 9.17) is 21.3 Å². The number of ether oxygens (including phenoxy) is 2. The van der Waals surface area contributed by atoms with Crippen molar-refractivity contribution >= 4 is 44.5 Å². The molecule has 0 unspecified atom stereocenters. The van der Waals surface area contributed by atoms with Crippen molar-refractivity contribution in [3.05, 3.63) is 140 Å². The minimum absolute atomic E-state index is 0.716. The van der Waals surface area contributed by atoms with Crippen LogP contribution in [0.15, 0.2) is 140 Å². The quantitative estimate of drug-likeness (QED) is 0.216. The van der Waals surface area contributed by atoms with Crippen LogP contribution in [0, 0.1) is 0 Å². The summed E-state index contributed by atoms with van der Waals surface area (Å²) in [5.74, 6) is 2.91. The van der Waals surface area contributed by atoms with Gasteiger partial charge >= 0.3 is 0 Å². The van der Waals surface area contributed by atoms with Gasteiger partial charge in [0.2, 0.25) is 0 Å². The van der Waals surface area contributed by atoms with Gasteiger partial charge in [0.05, 0.1) is 0 Å². The Kier molecular flexibility index (Phi) is 5.62. The molecule has 0 fully saturated rings. The largest absolute Gasteiger partial charge is 0.449 e. The summed E-state index contributed by atoms with van der Waals surface area (Å²) in [7, 11) is 0. The number of hydrogen-bond acceptors (Lipinski definition) is 3. The first-order valence-electron chi connectivity index (χ1n) is 12.5. The zero-order valence-corrected chi connectivity index (χ0v) is 22.2. The van der Waals surface area contributed by atoms with Gasteiger partial charge in [0.15, 0.2) is 23.0 Å². The van der Waals surface area contributed by atoms with Crippen molar-refractivity contribution in [2.75, 3.05) is 0 Å². The normalized spacial score (nSPS) is 12.2. The molecule has 0 radical (unpaired) electrons. The Balaban J connectivity index is 1.43. The van der Waals surface area contributed by atoms with Gasteiger partial charge in [-0.1, -0.05) is 127 Å². The third-order valence-corrected chi connectivity index (χ3v) is 12.0. The number of fused-ring (bicyclic) bond motifs is 4. The van der Waals surface area contributed by atoms with Gasteiger partial charge in [0.25, 0.3) is 0 Å². The minimum Gasteiger partial charge on any atom is -0.449 e. The van der Waals surface area contributed by atoms with Crippen LogP contribution in [-0.2, 0) is 11.8 Å². The van der Waals surface area contributed by atoms with Crippen LogP contribution >= 0.6 is 6.04 Å². The van der Waals surface area contributed by atoms with E-state index in [9.17, 15) is 0 Å². The van der Waals surface area contributed by atoms with Crippen LogP contribution in [0.25, 0.3) is 21.9 Å². The van der Waals surface area contributed by atoms with E-state index in [0.717, 1.165) is 44.5 Å². The van der Waals surface area contributed by atoms with Crippen molar-refractivity contribution in [1.82, 2.24) is 0 Å². The zero-order valence-electron chi connectivity index (χ0n) is 20.5. The van der Waals surface area contributed by atoms with Crippen LogP contribution in [0.3, 0.4) is 0 Å². The molecule has 2 nitrogen and oxygen atoms in total. The maximum Gasteiger partial charge on any atom is 0.177 e. The van der Waals surface area contributed by atoms with Crippen molar-refractivity contribution in [1.29, 1.82) is 0 Å². The van der Waals surface area contributed by atoms with Crippen molar-refractivity contribution in [3.63, 3.8) is 0 Å². The van der Waals surface area contributed by atoms with E-state index in [1.807, 2.05) is 42.5 Å². The van der Waals surface area contributed by atoms with E-state index >= 15 is 0 Å². The molecule has 1 heterocycles. The van der Waals surface area contributed by atoms with Gasteiger partial charge in [0.1, 0.15) is 0 Å². The monoisotopic (exact) mass is 526 g/mol. The fourth-order valence-corrected chi connectivity index (χ4v) is 8.95. The van der Waals surface area contributed by atoms with Gasteiger partial charge in [-0.05, 0) is 56.7 Å². The van der Waals surface area contributed by atoms with Crippen molar-refractivity contribution < 1.29 is 9.47 Å². The Morgan fingerprint density at radius 1 is 0.447 bits per heavy atom. The average molecular weight is 527 g/mol. The molecular weight excluding hydrogens is 503 g/mol. The van der Waals surface area contributed by atoms with Crippen molar-refractivity contribution in [2.24, 2.45) is 0 Å². The summed E-state index contributed by atoms with van der Waals surface area (Å²) in [6, 6.07) is 45.7. The molecule has 4 heteroatoms. The predicted molar refractivity (Wildman–Crippen MR) is 162 cm³/mol. The number of rotatable bonds is 4. The molecule has 7 rings (SSSR count). The van der Waals surface area contributed by atoms with Gasteiger partial charge in [0, 0.05) is 11.4 Å². The molecule has 6 aromatic carbocycles. The third-order valence-electron chi connectivity index (χ3n) is 7.00. The van der Waals surface area contributed by atoms with Gasteiger partial charge in [-0.25, -0.2) is 0 Å². The van der Waals surface area contributed by atoms with Crippen LogP contribution in [-0.4, -0.2) is 0 Å². The Morgan fingerprint density at radius 3 is 1.68 bits per heavy atom. The van der Waals surface area contributed by atoms with Crippen molar-refractivity contribution in [3.8, 4) is 34.1 Å². The van der Waals surface area contributed by atoms with E-state index in [1.54, 1.807) is 0 Å². The first kappa shape index (κ1) is 23.0.